The Morgan fingerprint density at radius 2 is 1.77 bits per heavy atom. The zero-order valence-electron chi connectivity index (χ0n) is 19.1. The van der Waals surface area contributed by atoms with Crippen LogP contribution >= 0.6 is 0 Å². The number of para-hydroxylation sites is 1. The van der Waals surface area contributed by atoms with Gasteiger partial charge in [-0.3, -0.25) is 9.59 Å². The van der Waals surface area contributed by atoms with Crippen LogP contribution in [0.2, 0.25) is 0 Å². The molecule has 1 heterocycles. The van der Waals surface area contributed by atoms with Crippen LogP contribution in [0.1, 0.15) is 29.2 Å². The molecule has 9 nitrogen and oxygen atoms in total. The molecule has 0 spiro atoms. The van der Waals surface area contributed by atoms with Gasteiger partial charge < -0.3 is 24.5 Å². The number of anilines is 1. The molecule has 0 saturated carbocycles. The van der Waals surface area contributed by atoms with Crippen LogP contribution in [0.5, 0.6) is 11.5 Å². The molecule has 0 saturated heterocycles. The van der Waals surface area contributed by atoms with E-state index >= 15 is 0 Å². The number of nitrogens with one attached hydrogen (secondary N) is 2. The molecular weight excluding hydrogens is 450 g/mol. The van der Waals surface area contributed by atoms with Crippen LogP contribution in [-0.4, -0.2) is 35.6 Å². The van der Waals surface area contributed by atoms with Crippen LogP contribution in [0.3, 0.4) is 0 Å². The number of carbonyl (C=O) groups excluding carboxylic acids is 2. The number of rotatable bonds is 8. The first-order valence-electron chi connectivity index (χ1n) is 10.8. The number of aromatic amines is 1. The Morgan fingerprint density at radius 1 is 1.00 bits per heavy atom. The highest BCUT2D eigenvalue weighted by molar-refractivity contribution is 5.92. The van der Waals surface area contributed by atoms with Crippen molar-refractivity contribution in [3.8, 4) is 11.5 Å². The summed E-state index contributed by atoms with van der Waals surface area (Å²) in [6.07, 6.45) is -0.768. The minimum absolute atomic E-state index is 0.209. The number of benzene rings is 3. The number of hydrogen-bond acceptors (Lipinski definition) is 7. The van der Waals surface area contributed by atoms with E-state index in [4.69, 9.17) is 14.2 Å². The van der Waals surface area contributed by atoms with Crippen molar-refractivity contribution in [3.63, 3.8) is 0 Å². The SMILES string of the molecule is COc1cccc(NC(=O)COc2ccc(C(=O)OC(C)c3nc4ccccc4c(=O)[nH]3)cc2)c1. The second-order valence-corrected chi connectivity index (χ2v) is 7.61. The van der Waals surface area contributed by atoms with Crippen LogP contribution in [0.25, 0.3) is 10.9 Å². The van der Waals surface area contributed by atoms with E-state index in [9.17, 15) is 14.4 Å². The number of esters is 1. The first-order valence-corrected chi connectivity index (χ1v) is 10.8. The normalized spacial score (nSPS) is 11.5. The van der Waals surface area contributed by atoms with Gasteiger partial charge in [-0.1, -0.05) is 18.2 Å². The highest BCUT2D eigenvalue weighted by atomic mass is 16.5. The summed E-state index contributed by atoms with van der Waals surface area (Å²) in [6, 6.07) is 20.1. The fourth-order valence-corrected chi connectivity index (χ4v) is 3.32. The predicted molar refractivity (Wildman–Crippen MR) is 130 cm³/mol. The van der Waals surface area contributed by atoms with Crippen molar-refractivity contribution >= 4 is 28.5 Å². The van der Waals surface area contributed by atoms with Gasteiger partial charge in [0.25, 0.3) is 11.5 Å². The summed E-state index contributed by atoms with van der Waals surface area (Å²) in [5.74, 6) is 0.367. The molecular formula is C26H23N3O6. The lowest BCUT2D eigenvalue weighted by atomic mass is 10.2. The van der Waals surface area contributed by atoms with Gasteiger partial charge in [0.15, 0.2) is 18.5 Å². The van der Waals surface area contributed by atoms with Crippen molar-refractivity contribution < 1.29 is 23.8 Å². The lowest BCUT2D eigenvalue weighted by Gasteiger charge is -2.13. The number of H-pyrrole nitrogens is 1. The Balaban J connectivity index is 1.33. The van der Waals surface area contributed by atoms with E-state index in [0.717, 1.165) is 0 Å². The van der Waals surface area contributed by atoms with Crippen LogP contribution in [0, 0.1) is 0 Å². The van der Waals surface area contributed by atoms with Gasteiger partial charge in [-0.2, -0.15) is 0 Å². The molecule has 1 atom stereocenters. The van der Waals surface area contributed by atoms with E-state index in [-0.39, 0.29) is 29.5 Å². The van der Waals surface area contributed by atoms with E-state index in [1.807, 2.05) is 0 Å². The molecule has 1 aromatic heterocycles. The number of fused-ring (bicyclic) bond motifs is 1. The average Bonchev–Trinajstić information content (AvgIpc) is 2.87. The molecule has 1 amide bonds. The molecule has 0 radical (unpaired) electrons. The zero-order chi connectivity index (χ0) is 24.8. The summed E-state index contributed by atoms with van der Waals surface area (Å²) in [5.41, 5.74) is 1.09. The molecule has 35 heavy (non-hydrogen) atoms. The van der Waals surface area contributed by atoms with Crippen molar-refractivity contribution in [2.75, 3.05) is 19.0 Å². The first-order chi connectivity index (χ1) is 16.9. The van der Waals surface area contributed by atoms with Crippen molar-refractivity contribution in [3.05, 3.63) is 94.5 Å². The molecule has 0 aliphatic heterocycles. The molecule has 2 N–H and O–H groups in total. The Morgan fingerprint density at radius 3 is 2.54 bits per heavy atom. The molecule has 0 aliphatic carbocycles. The highest BCUT2D eigenvalue weighted by Gasteiger charge is 2.17. The summed E-state index contributed by atoms with van der Waals surface area (Å²) in [5, 5.41) is 3.18. The van der Waals surface area contributed by atoms with Gasteiger partial charge in [0, 0.05) is 11.8 Å². The number of hydrogen-bond donors (Lipinski definition) is 2. The third-order valence-corrected chi connectivity index (χ3v) is 5.11. The average molecular weight is 473 g/mol. The van der Waals surface area contributed by atoms with Crippen LogP contribution in [0.4, 0.5) is 5.69 Å². The molecule has 178 valence electrons. The monoisotopic (exact) mass is 473 g/mol. The molecule has 4 aromatic rings. The summed E-state index contributed by atoms with van der Waals surface area (Å²) in [4.78, 5) is 44.0. The standard InChI is InChI=1S/C26H23N3O6/c1-16(24-28-22-9-4-3-8-21(22)25(31)29-24)35-26(32)17-10-12-19(13-11-17)34-15-23(30)27-18-6-5-7-20(14-18)33-2/h3-14,16H,15H2,1-2H3,(H,27,30)(H,28,29,31). The first kappa shape index (κ1) is 23.5. The molecule has 0 bridgehead atoms. The number of aromatic nitrogens is 2. The number of ether oxygens (including phenoxy) is 3. The minimum atomic E-state index is -0.768. The van der Waals surface area contributed by atoms with E-state index < -0.39 is 12.1 Å². The van der Waals surface area contributed by atoms with Crippen molar-refractivity contribution in [2.24, 2.45) is 0 Å². The minimum Gasteiger partial charge on any atom is -0.497 e. The number of methoxy groups -OCH3 is 1. The van der Waals surface area contributed by atoms with Gasteiger partial charge in [-0.25, -0.2) is 9.78 Å². The summed E-state index contributed by atoms with van der Waals surface area (Å²) >= 11 is 0. The van der Waals surface area contributed by atoms with E-state index in [0.29, 0.717) is 28.1 Å². The van der Waals surface area contributed by atoms with Gasteiger partial charge in [-0.15, -0.1) is 0 Å². The maximum absolute atomic E-state index is 12.6. The van der Waals surface area contributed by atoms with Gasteiger partial charge in [0.2, 0.25) is 0 Å². The molecule has 4 rings (SSSR count). The van der Waals surface area contributed by atoms with Crippen molar-refractivity contribution in [2.45, 2.75) is 13.0 Å². The quantitative estimate of drug-likeness (QED) is 0.373. The van der Waals surface area contributed by atoms with Crippen molar-refractivity contribution in [1.82, 2.24) is 9.97 Å². The van der Waals surface area contributed by atoms with E-state index in [2.05, 4.69) is 15.3 Å². The zero-order valence-corrected chi connectivity index (χ0v) is 19.1. The summed E-state index contributed by atoms with van der Waals surface area (Å²) in [6.45, 7) is 1.42. The Bertz CT molecular complexity index is 1410. The Labute approximate surface area is 200 Å². The Kier molecular flexibility index (Phi) is 7.06. The number of nitrogens with zero attached hydrogens (tertiary/aromatic N) is 1. The van der Waals surface area contributed by atoms with Crippen LogP contribution in [-0.2, 0) is 9.53 Å². The predicted octanol–water partition coefficient (Wildman–Crippen LogP) is 3.87. The van der Waals surface area contributed by atoms with E-state index in [1.165, 1.54) is 12.1 Å². The second kappa shape index (κ2) is 10.5. The number of carbonyl (C=O) groups is 2. The van der Waals surface area contributed by atoms with Crippen molar-refractivity contribution in [1.29, 1.82) is 0 Å². The summed E-state index contributed by atoms with van der Waals surface area (Å²) in [7, 11) is 1.55. The topological polar surface area (TPSA) is 120 Å². The molecule has 1 unspecified atom stereocenters. The third kappa shape index (κ3) is 5.83. The third-order valence-electron chi connectivity index (χ3n) is 5.11. The van der Waals surface area contributed by atoms with Crippen LogP contribution < -0.4 is 20.3 Å². The molecule has 0 fully saturated rings. The van der Waals surface area contributed by atoms with Crippen LogP contribution in [0.15, 0.2) is 77.6 Å². The maximum atomic E-state index is 12.6. The largest absolute Gasteiger partial charge is 0.497 e. The second-order valence-electron chi connectivity index (χ2n) is 7.61. The lowest BCUT2D eigenvalue weighted by molar-refractivity contribution is -0.118. The Hall–Kier alpha value is -4.66. The molecule has 3 aromatic carbocycles. The summed E-state index contributed by atoms with van der Waals surface area (Å²) < 4.78 is 16.1. The van der Waals surface area contributed by atoms with Gasteiger partial charge in [0.05, 0.1) is 23.6 Å². The van der Waals surface area contributed by atoms with E-state index in [1.54, 1.807) is 74.7 Å². The molecule has 0 aliphatic rings. The van der Waals surface area contributed by atoms with Gasteiger partial charge >= 0.3 is 5.97 Å². The fraction of sp³-hybridized carbons (Fsp3) is 0.154. The fourth-order valence-electron chi connectivity index (χ4n) is 3.32. The van der Waals surface area contributed by atoms with Gasteiger partial charge in [0.1, 0.15) is 11.5 Å². The van der Waals surface area contributed by atoms with Gasteiger partial charge in [-0.05, 0) is 55.5 Å². The molecule has 9 heteroatoms. The highest BCUT2D eigenvalue weighted by Crippen LogP contribution is 2.19. The number of amides is 1. The maximum Gasteiger partial charge on any atom is 0.338 e. The smallest absolute Gasteiger partial charge is 0.338 e. The lowest BCUT2D eigenvalue weighted by Crippen LogP contribution is -2.20.